The normalized spacial score (nSPS) is 21.5. The number of aromatic hydroxyl groups is 2. The number of rotatable bonds is 40. The Bertz CT molecular complexity index is 5050. The highest BCUT2D eigenvalue weighted by atomic mass is 33.1. The van der Waals surface area contributed by atoms with E-state index in [0.29, 0.717) is 33.6 Å². The number of aliphatic carboxylic acids is 2. The van der Waals surface area contributed by atoms with Crippen molar-refractivity contribution in [3.63, 3.8) is 0 Å². The smallest absolute Gasteiger partial charge is 0.326 e. The summed E-state index contributed by atoms with van der Waals surface area (Å²) in [6.45, 7) is -1.13. The van der Waals surface area contributed by atoms with Gasteiger partial charge in [-0.2, -0.15) is 0 Å². The van der Waals surface area contributed by atoms with Gasteiger partial charge in [-0.05, 0) is 125 Å². The number of phenols is 2. The summed E-state index contributed by atoms with van der Waals surface area (Å²) in [5.41, 5.74) is 13.8. The van der Waals surface area contributed by atoms with Crippen LogP contribution in [0, 0.1) is 10.8 Å². The van der Waals surface area contributed by atoms with E-state index in [9.17, 15) is 49.2 Å². The van der Waals surface area contributed by atoms with Gasteiger partial charge in [-0.15, -0.1) is 0 Å². The van der Waals surface area contributed by atoms with E-state index < -0.39 is 226 Å². The van der Waals surface area contributed by atoms with Gasteiger partial charge < -0.3 is 136 Å². The number of nitrogens with zero attached hydrogens (tertiary/aromatic N) is 6. The molecule has 764 valence electrons. The van der Waals surface area contributed by atoms with Crippen LogP contribution in [0.4, 0.5) is 0 Å². The van der Waals surface area contributed by atoms with E-state index in [-0.39, 0.29) is 154 Å². The summed E-state index contributed by atoms with van der Waals surface area (Å²) < 4.78 is 0. The number of carboxylic acid groups (broad SMARTS) is 2. The zero-order chi connectivity index (χ0) is 102. The molecule has 0 aliphatic carbocycles. The molecular formula is C92H122N26O20S4. The summed E-state index contributed by atoms with van der Waals surface area (Å²) in [4.78, 5) is 259. The number of hydrogen-bond donors (Lipinski definition) is 24. The molecule has 5 fully saturated rings. The first-order valence-corrected chi connectivity index (χ1v) is 51.2. The number of imidazole rings is 2. The Morgan fingerprint density at radius 3 is 1.16 bits per heavy atom. The number of aromatic nitrogens is 4. The van der Waals surface area contributed by atoms with Gasteiger partial charge in [0.1, 0.15) is 96.1 Å². The molecule has 26 N–H and O–H groups in total. The monoisotopic (exact) mass is 2040 g/mol. The van der Waals surface area contributed by atoms with E-state index >= 15 is 47.9 Å². The average Bonchev–Trinajstić information content (AvgIpc) is 1.67. The number of aromatic amines is 2. The Balaban J connectivity index is 0.998. The Kier molecular flexibility index (Phi) is 41.2. The zero-order valence-corrected chi connectivity index (χ0v) is 81.4. The van der Waals surface area contributed by atoms with Gasteiger partial charge >= 0.3 is 11.9 Å². The summed E-state index contributed by atoms with van der Waals surface area (Å²) in [6, 6.07) is 6.92. The van der Waals surface area contributed by atoms with Crippen molar-refractivity contribution < 1.29 is 97.1 Å². The van der Waals surface area contributed by atoms with Crippen molar-refractivity contribution in [2.75, 3.05) is 78.0 Å². The molecule has 6 aromatic rings. The predicted octanol–water partition coefficient (Wildman–Crippen LogP) is -3.02. The fraction of sp³-hybridized carbons (Fsp3) is 0.478. The number of nitrogens with two attached hydrogens (primary N) is 2. The highest BCUT2D eigenvalue weighted by Crippen LogP contribution is 2.39. The number of likely N-dealkylation sites (tertiary alicyclic amines) is 4. The molecule has 7 heterocycles. The van der Waals surface area contributed by atoms with E-state index in [1.54, 1.807) is 60.7 Å². The van der Waals surface area contributed by atoms with Gasteiger partial charge in [0.05, 0.1) is 25.7 Å². The van der Waals surface area contributed by atoms with E-state index in [4.69, 9.17) is 22.3 Å². The first-order valence-electron chi connectivity index (χ1n) is 46.5. The third-order valence-corrected chi connectivity index (χ3v) is 30.1. The van der Waals surface area contributed by atoms with Crippen molar-refractivity contribution in [2.24, 2.45) is 11.5 Å². The largest absolute Gasteiger partial charge is 0.508 e. The van der Waals surface area contributed by atoms with E-state index in [1.165, 1.54) is 107 Å². The molecule has 0 unspecified atom stereocenters. The number of benzene rings is 4. The number of fused-ring (bicyclic) bond motifs is 4. The molecule has 0 saturated carbocycles. The molecule has 0 radical (unpaired) electrons. The molecule has 4 aromatic carbocycles. The number of amides is 14. The van der Waals surface area contributed by atoms with Crippen LogP contribution in [-0.2, 0) is 115 Å². The Morgan fingerprint density at radius 1 is 0.451 bits per heavy atom. The van der Waals surface area contributed by atoms with Crippen LogP contribution < -0.4 is 85.9 Å². The second kappa shape index (κ2) is 53.8. The highest BCUT2D eigenvalue weighted by Gasteiger charge is 2.49. The minimum absolute atomic E-state index is 0.0327. The fourth-order valence-electron chi connectivity index (χ4n) is 17.3. The van der Waals surface area contributed by atoms with E-state index in [2.05, 4.69) is 94.4 Å². The van der Waals surface area contributed by atoms with Crippen LogP contribution in [0.3, 0.4) is 0 Å². The average molecular weight is 2040 g/mol. The predicted molar refractivity (Wildman–Crippen MR) is 527 cm³/mol. The molecular weight excluding hydrogens is 1920 g/mol. The first-order chi connectivity index (χ1) is 68.2. The number of carboxylic acids is 2. The lowest BCUT2D eigenvalue weighted by atomic mass is 10.0. The lowest BCUT2D eigenvalue weighted by Crippen LogP contribution is -2.60. The molecule has 50 heteroatoms. The summed E-state index contributed by atoms with van der Waals surface area (Å²) in [7, 11) is 6.96. The topological polar surface area (TPSA) is 693 Å². The number of phenolic OH excluding ortho intramolecular Hbond substituents is 2. The quantitative estimate of drug-likeness (QED) is 0.00788. The molecule has 5 saturated heterocycles. The summed E-state index contributed by atoms with van der Waals surface area (Å²) in [5.74, 6) is -16.8. The van der Waals surface area contributed by atoms with Crippen molar-refractivity contribution in [1.29, 1.82) is 10.8 Å². The summed E-state index contributed by atoms with van der Waals surface area (Å²) in [6.07, 6.45) is 4.05. The highest BCUT2D eigenvalue weighted by molar-refractivity contribution is 8.77. The number of carbonyl (C=O) groups excluding carboxylic acids is 14. The zero-order valence-electron chi connectivity index (χ0n) is 78.1. The van der Waals surface area contributed by atoms with Crippen LogP contribution in [0.1, 0.15) is 97.8 Å². The number of H-pyrrole nitrogens is 2. The van der Waals surface area contributed by atoms with Gasteiger partial charge in [0, 0.05) is 124 Å². The molecule has 142 heavy (non-hydrogen) atoms. The molecule has 16 atom stereocenters. The molecule has 5 aliphatic rings. The summed E-state index contributed by atoms with van der Waals surface area (Å²) in [5, 5.41) is 94.5. The minimum atomic E-state index is -1.75. The molecule has 0 spiro atoms. The van der Waals surface area contributed by atoms with E-state index in [0.717, 1.165) is 43.2 Å². The maximum Gasteiger partial charge on any atom is 0.326 e. The van der Waals surface area contributed by atoms with Gasteiger partial charge in [-0.25, -0.2) is 19.6 Å². The Hall–Kier alpha value is -13.7. The standard InChI is InChI=1S/C92H122N26O20S4/c1-97-43-75(121)105-61(17-9-29-101-91(93)94)85(131)117-45-59-39-73(117)83(129)107-63(33-53-21-25-57(119)26-22-53)77(123)113-70(80(126)110-66(38-56-42-100-50-104-56)88(134)116-32-12-20-72(116)82(128)112-68(90(137)138)36-52-15-7-4-8-16-52)48-140-142-60-40-74(118(46-60)86(132)62(106-76(122)44-98-2)18-10-30-102-92(95)96)84(130)108-64(34-54-23-27-58(120)28-24-54)78(124)114-69(47-139-141-59)79(125)109-65(37-55-41-99-49-103-55)87(133)115-31-11-19-71(115)81(127)111-67(89(135)136)35-51-13-5-3-6-14-51/h3-8,13-16,21-28,41-42,49-50,59-74,97-98,119-120H,9-12,17-20,29-40,43-48H2,1-2H3,(H,99,103)(H,100,104)(H,105,121)(H,106,122)(H,107,129)(H,108,130)(H,109,125)(H,110,126)(H,111,127)(H,112,128)(H,113,123)(H,114,124)(H,135,136)(H,137,138)(H4,93,94,101)(H4,95,96,102)/t59-,60-,61-,62-,63-,64-,65-,66-,67-,68-,69-,70-,71-,72-,73-,74-/m0/s1. The second-order valence-corrected chi connectivity index (χ2v) is 40.4. The molecule has 11 rings (SSSR count). The number of guanidine groups is 2. The molecule has 46 nitrogen and oxygen atoms in total. The van der Waals surface area contributed by atoms with Gasteiger partial charge in [-0.1, -0.05) is 128 Å². The third-order valence-electron chi connectivity index (χ3n) is 24.4. The third kappa shape index (κ3) is 32.2. The SMILES string of the molecule is CNCC(=O)N[C@@H](CCCNC(=N)N)C(=O)N1C[C@@H]2C[C@H]1C(=O)N[C@@H](Cc1ccc(O)cc1)C(=O)N[C@H](C(=O)N[C@@H](Cc1cnc[nH]1)C(=O)N1CCC[C@H]1C(=O)N[C@@H](Cc1ccccc1)C(=O)O)CSS[C@H]1C[C@@H](C(=O)N[C@@H](Cc3ccc(O)cc3)C(=O)N[C@H](C(=O)N[C@@H](Cc3cnc[nH]3)C(=O)N3CCC[C@H]3C(=O)N[C@@H](Cc3ccccc3)C(=O)O)CSS2)N(C(=O)[C@H](CCCNC(=N)N)NC(=O)CNC)C1. The lowest BCUT2D eigenvalue weighted by Gasteiger charge is -2.31. The van der Waals surface area contributed by atoms with Crippen LogP contribution >= 0.6 is 43.2 Å². The maximum atomic E-state index is 16.0. The first kappa shape index (κ1) is 109. The molecule has 4 bridgehead atoms. The van der Waals surface area contributed by atoms with Crippen LogP contribution in [0.25, 0.3) is 0 Å². The van der Waals surface area contributed by atoms with Crippen molar-refractivity contribution in [3.8, 4) is 11.5 Å². The van der Waals surface area contributed by atoms with Crippen LogP contribution in [0.5, 0.6) is 11.5 Å². The van der Waals surface area contributed by atoms with Crippen LogP contribution in [-0.4, -0.2) is 340 Å². The second-order valence-electron chi connectivity index (χ2n) is 35.0. The minimum Gasteiger partial charge on any atom is -0.508 e. The van der Waals surface area contributed by atoms with Crippen LogP contribution in [0.15, 0.2) is 134 Å². The lowest BCUT2D eigenvalue weighted by molar-refractivity contribution is -0.145. The summed E-state index contributed by atoms with van der Waals surface area (Å²) >= 11 is 0. The van der Waals surface area contributed by atoms with E-state index in [1.807, 2.05) is 0 Å². The van der Waals surface area contributed by atoms with Gasteiger partial charge in [-0.3, -0.25) is 77.9 Å². The number of hydrogen-bond acceptors (Lipinski definition) is 28. The van der Waals surface area contributed by atoms with Crippen molar-refractivity contribution in [2.45, 2.75) is 198 Å². The molecule has 2 aromatic heterocycles. The van der Waals surface area contributed by atoms with Crippen molar-refractivity contribution in [1.82, 2.24) is 114 Å². The van der Waals surface area contributed by atoms with Gasteiger partial charge in [0.15, 0.2) is 11.9 Å². The number of carbonyl (C=O) groups is 16. The Labute approximate surface area is 833 Å². The molecule has 14 amide bonds. The fourth-order valence-corrected chi connectivity index (χ4v) is 22.9. The van der Waals surface area contributed by atoms with Gasteiger partial charge in [0.2, 0.25) is 82.7 Å². The van der Waals surface area contributed by atoms with Crippen molar-refractivity contribution >= 4 is 150 Å². The van der Waals surface area contributed by atoms with Crippen LogP contribution in [0.2, 0.25) is 0 Å². The number of likely N-dealkylation sites (N-methyl/N-ethyl adjacent to an activating group) is 2. The Morgan fingerprint density at radius 2 is 0.817 bits per heavy atom. The van der Waals surface area contributed by atoms with Gasteiger partial charge in [0.25, 0.3) is 0 Å². The van der Waals surface area contributed by atoms with Crippen molar-refractivity contribution in [3.05, 3.63) is 168 Å². The molecule has 5 aliphatic heterocycles. The number of nitrogens with one attached hydrogen (secondary N) is 18. The maximum absolute atomic E-state index is 16.0.